The summed E-state index contributed by atoms with van der Waals surface area (Å²) in [4.78, 5) is 36.2. The number of fused-ring (bicyclic) bond motifs is 1. The molecular formula is C26H25FN4O4. The van der Waals surface area contributed by atoms with Crippen LogP contribution in [0.4, 0.5) is 4.39 Å². The molecule has 0 saturated carbocycles. The third-order valence-electron chi connectivity index (χ3n) is 5.51. The Morgan fingerprint density at radius 3 is 2.63 bits per heavy atom. The van der Waals surface area contributed by atoms with Crippen molar-refractivity contribution in [1.29, 1.82) is 0 Å². The number of ether oxygens (including phenoxy) is 1. The lowest BCUT2D eigenvalue weighted by Gasteiger charge is -2.22. The number of pyridine rings is 2. The first-order valence-corrected chi connectivity index (χ1v) is 11.2. The van der Waals surface area contributed by atoms with Crippen LogP contribution in [0.3, 0.4) is 0 Å². The fourth-order valence-corrected chi connectivity index (χ4v) is 3.76. The van der Waals surface area contributed by atoms with Gasteiger partial charge in [0.25, 0.3) is 11.6 Å². The maximum absolute atomic E-state index is 13.5. The molecule has 1 aromatic carbocycles. The first kappa shape index (κ1) is 24.0. The Balaban J connectivity index is 1.61. The van der Waals surface area contributed by atoms with Gasteiger partial charge in [0, 0.05) is 31.5 Å². The molecule has 0 aliphatic carbocycles. The molecule has 0 aliphatic rings. The maximum Gasteiger partial charge on any atom is 0.339 e. The van der Waals surface area contributed by atoms with E-state index in [9.17, 15) is 14.0 Å². The second-order valence-corrected chi connectivity index (χ2v) is 8.57. The van der Waals surface area contributed by atoms with Gasteiger partial charge < -0.3 is 14.2 Å². The van der Waals surface area contributed by atoms with Crippen LogP contribution in [0.25, 0.3) is 22.4 Å². The Kier molecular flexibility index (Phi) is 6.86. The standard InChI is InChI=1S/C26H25FN4O4/c1-15(2)23-22-20(12-21(29-24(22)35-30-23)18-8-6-10-28-13-18)26(33)34-16(3)25(32)31(4)14-17-7-5-9-19(27)11-17/h5-13,15-16H,14H2,1-4H3. The van der Waals surface area contributed by atoms with Crippen LogP contribution in [-0.4, -0.2) is 45.1 Å². The van der Waals surface area contributed by atoms with E-state index in [1.807, 2.05) is 19.9 Å². The van der Waals surface area contributed by atoms with Crippen LogP contribution in [0, 0.1) is 5.82 Å². The zero-order valence-corrected chi connectivity index (χ0v) is 19.9. The number of carbonyl (C=O) groups is 2. The monoisotopic (exact) mass is 476 g/mol. The Hall–Kier alpha value is -4.14. The minimum atomic E-state index is -1.08. The third-order valence-corrected chi connectivity index (χ3v) is 5.51. The summed E-state index contributed by atoms with van der Waals surface area (Å²) in [7, 11) is 1.57. The van der Waals surface area contributed by atoms with E-state index in [1.165, 1.54) is 24.0 Å². The van der Waals surface area contributed by atoms with Crippen LogP contribution in [-0.2, 0) is 16.1 Å². The van der Waals surface area contributed by atoms with E-state index in [4.69, 9.17) is 9.26 Å². The predicted octanol–water partition coefficient (Wildman–Crippen LogP) is 4.75. The summed E-state index contributed by atoms with van der Waals surface area (Å²) >= 11 is 0. The van der Waals surface area contributed by atoms with Crippen LogP contribution < -0.4 is 0 Å². The second-order valence-electron chi connectivity index (χ2n) is 8.57. The molecule has 1 atom stereocenters. The Morgan fingerprint density at radius 1 is 1.14 bits per heavy atom. The fraction of sp³-hybridized carbons (Fsp3) is 0.269. The predicted molar refractivity (Wildman–Crippen MR) is 127 cm³/mol. The van der Waals surface area contributed by atoms with Gasteiger partial charge in [-0.05, 0) is 48.7 Å². The zero-order valence-electron chi connectivity index (χ0n) is 19.9. The third kappa shape index (κ3) is 5.18. The van der Waals surface area contributed by atoms with Crippen molar-refractivity contribution in [3.05, 3.63) is 77.5 Å². The van der Waals surface area contributed by atoms with E-state index in [1.54, 1.807) is 43.7 Å². The Morgan fingerprint density at radius 2 is 1.94 bits per heavy atom. The lowest BCUT2D eigenvalue weighted by atomic mass is 10.0. The molecule has 0 aliphatic heterocycles. The number of nitrogens with zero attached hydrogens (tertiary/aromatic N) is 4. The number of halogens is 1. The van der Waals surface area contributed by atoms with Gasteiger partial charge in [-0.1, -0.05) is 31.1 Å². The summed E-state index contributed by atoms with van der Waals surface area (Å²) < 4.78 is 24.5. The van der Waals surface area contributed by atoms with Crippen molar-refractivity contribution in [3.63, 3.8) is 0 Å². The normalized spacial score (nSPS) is 12.1. The number of benzene rings is 1. The molecule has 9 heteroatoms. The molecular weight excluding hydrogens is 451 g/mol. The highest BCUT2D eigenvalue weighted by atomic mass is 19.1. The minimum absolute atomic E-state index is 0.0368. The highest BCUT2D eigenvalue weighted by Crippen LogP contribution is 2.31. The largest absolute Gasteiger partial charge is 0.449 e. The van der Waals surface area contributed by atoms with Crippen LogP contribution in [0.5, 0.6) is 0 Å². The summed E-state index contributed by atoms with van der Waals surface area (Å²) in [6, 6.07) is 11.1. The first-order chi connectivity index (χ1) is 16.7. The van der Waals surface area contributed by atoms with Gasteiger partial charge in [0.1, 0.15) is 5.82 Å². The molecule has 1 unspecified atom stereocenters. The number of rotatable bonds is 7. The van der Waals surface area contributed by atoms with Gasteiger partial charge in [-0.2, -0.15) is 0 Å². The average molecular weight is 477 g/mol. The summed E-state index contributed by atoms with van der Waals surface area (Å²) in [5.41, 5.74) is 2.74. The number of carbonyl (C=O) groups excluding carboxylic acids is 2. The Bertz CT molecular complexity index is 1370. The number of esters is 1. The molecule has 3 aromatic heterocycles. The highest BCUT2D eigenvalue weighted by Gasteiger charge is 2.27. The van der Waals surface area contributed by atoms with Crippen molar-refractivity contribution >= 4 is 23.0 Å². The van der Waals surface area contributed by atoms with Crippen molar-refractivity contribution in [2.45, 2.75) is 39.3 Å². The van der Waals surface area contributed by atoms with Crippen LogP contribution >= 0.6 is 0 Å². The van der Waals surface area contributed by atoms with Gasteiger partial charge in [0.15, 0.2) is 6.10 Å². The van der Waals surface area contributed by atoms with E-state index in [2.05, 4.69) is 15.1 Å². The maximum atomic E-state index is 13.5. The van der Waals surface area contributed by atoms with Crippen LogP contribution in [0.1, 0.15) is 48.3 Å². The highest BCUT2D eigenvalue weighted by molar-refractivity contribution is 6.05. The van der Waals surface area contributed by atoms with Gasteiger partial charge in [-0.3, -0.25) is 9.78 Å². The number of amides is 1. The van der Waals surface area contributed by atoms with E-state index in [0.717, 1.165) is 0 Å². The van der Waals surface area contributed by atoms with Gasteiger partial charge in [0.2, 0.25) is 0 Å². The molecule has 0 saturated heterocycles. The smallest absolute Gasteiger partial charge is 0.339 e. The summed E-state index contributed by atoms with van der Waals surface area (Å²) in [6.07, 6.45) is 2.18. The van der Waals surface area contributed by atoms with Crippen molar-refractivity contribution in [1.82, 2.24) is 20.0 Å². The average Bonchev–Trinajstić information content (AvgIpc) is 3.28. The number of likely N-dealkylation sites (N-methyl/N-ethyl adjacent to an activating group) is 1. The summed E-state index contributed by atoms with van der Waals surface area (Å²) in [6.45, 7) is 5.52. The summed E-state index contributed by atoms with van der Waals surface area (Å²) in [5.74, 6) is -1.55. The van der Waals surface area contributed by atoms with E-state index in [-0.39, 0.29) is 29.6 Å². The van der Waals surface area contributed by atoms with Gasteiger partial charge in [0.05, 0.1) is 22.3 Å². The quantitative estimate of drug-likeness (QED) is 0.355. The molecule has 180 valence electrons. The lowest BCUT2D eigenvalue weighted by Crippen LogP contribution is -2.37. The van der Waals surface area contributed by atoms with Crippen molar-refractivity contribution in [2.75, 3.05) is 7.05 Å². The molecule has 4 rings (SSSR count). The van der Waals surface area contributed by atoms with Gasteiger partial charge in [-0.15, -0.1) is 0 Å². The van der Waals surface area contributed by atoms with Gasteiger partial charge >= 0.3 is 5.97 Å². The first-order valence-electron chi connectivity index (χ1n) is 11.2. The molecule has 8 nitrogen and oxygen atoms in total. The topological polar surface area (TPSA) is 98.4 Å². The minimum Gasteiger partial charge on any atom is -0.449 e. The van der Waals surface area contributed by atoms with E-state index < -0.39 is 18.0 Å². The molecule has 0 fully saturated rings. The molecule has 35 heavy (non-hydrogen) atoms. The van der Waals surface area contributed by atoms with Crippen molar-refractivity contribution in [2.24, 2.45) is 0 Å². The molecule has 0 radical (unpaired) electrons. The zero-order chi connectivity index (χ0) is 25.1. The number of hydrogen-bond acceptors (Lipinski definition) is 7. The molecule has 0 bridgehead atoms. The fourth-order valence-electron chi connectivity index (χ4n) is 3.76. The SMILES string of the molecule is CC(OC(=O)c1cc(-c2cccnc2)nc2onc(C(C)C)c12)C(=O)N(C)Cc1cccc(F)c1. The number of aromatic nitrogens is 3. The van der Waals surface area contributed by atoms with E-state index in [0.29, 0.717) is 27.9 Å². The lowest BCUT2D eigenvalue weighted by molar-refractivity contribution is -0.139. The van der Waals surface area contributed by atoms with E-state index >= 15 is 0 Å². The molecule has 0 spiro atoms. The molecule has 3 heterocycles. The Labute approximate surface area is 201 Å². The second kappa shape index (κ2) is 10.0. The van der Waals surface area contributed by atoms with Crippen LogP contribution in [0.2, 0.25) is 0 Å². The molecule has 4 aromatic rings. The van der Waals surface area contributed by atoms with Crippen molar-refractivity contribution in [3.8, 4) is 11.3 Å². The summed E-state index contributed by atoms with van der Waals surface area (Å²) in [5, 5.41) is 4.55. The molecule has 1 amide bonds. The number of hydrogen-bond donors (Lipinski definition) is 0. The van der Waals surface area contributed by atoms with Crippen molar-refractivity contribution < 1.29 is 23.2 Å². The molecule has 0 N–H and O–H groups in total. The van der Waals surface area contributed by atoms with Gasteiger partial charge in [-0.25, -0.2) is 14.2 Å². The van der Waals surface area contributed by atoms with Crippen LogP contribution in [0.15, 0.2) is 59.4 Å².